The standard InChI is InChI=1S/C16H15F3N2O2/c1-2-9-7-11(5-6-13(9)16(17,18)19)21-15(23)12(8-20)14(22)10-3-4-10/h5-7,10,22H,2-4H2,1H3,(H,21,23)/b14-12-. The molecule has 0 bridgehead atoms. The van der Waals surface area contributed by atoms with Crippen LogP contribution in [0.2, 0.25) is 0 Å². The molecule has 23 heavy (non-hydrogen) atoms. The van der Waals surface area contributed by atoms with Crippen LogP contribution < -0.4 is 5.32 Å². The smallest absolute Gasteiger partial charge is 0.416 e. The van der Waals surface area contributed by atoms with Gasteiger partial charge in [0.25, 0.3) is 5.91 Å². The SMILES string of the molecule is CCc1cc(NC(=O)/C(C#N)=C(\O)C2CC2)ccc1C(F)(F)F. The Morgan fingerprint density at radius 3 is 2.57 bits per heavy atom. The molecule has 1 aliphatic rings. The van der Waals surface area contributed by atoms with Crippen LogP contribution in [0.5, 0.6) is 0 Å². The molecular weight excluding hydrogens is 309 g/mol. The molecule has 1 saturated carbocycles. The van der Waals surface area contributed by atoms with Crippen LogP contribution in [-0.2, 0) is 17.4 Å². The highest BCUT2D eigenvalue weighted by Gasteiger charge is 2.33. The minimum Gasteiger partial charge on any atom is -0.510 e. The van der Waals surface area contributed by atoms with E-state index in [1.807, 2.05) is 0 Å². The second-order valence-corrected chi connectivity index (χ2v) is 5.32. The van der Waals surface area contributed by atoms with Gasteiger partial charge in [-0.1, -0.05) is 6.92 Å². The van der Waals surface area contributed by atoms with Gasteiger partial charge in [-0.25, -0.2) is 0 Å². The van der Waals surface area contributed by atoms with Gasteiger partial charge in [-0.05, 0) is 43.0 Å². The number of hydrogen-bond acceptors (Lipinski definition) is 3. The van der Waals surface area contributed by atoms with Crippen LogP contribution >= 0.6 is 0 Å². The van der Waals surface area contributed by atoms with Crippen LogP contribution in [0, 0.1) is 17.2 Å². The number of nitrogens with one attached hydrogen (secondary N) is 1. The van der Waals surface area contributed by atoms with Crippen molar-refractivity contribution in [3.05, 3.63) is 40.7 Å². The number of anilines is 1. The van der Waals surface area contributed by atoms with E-state index in [4.69, 9.17) is 5.26 Å². The molecule has 0 saturated heterocycles. The zero-order chi connectivity index (χ0) is 17.2. The van der Waals surface area contributed by atoms with Gasteiger partial charge in [0.05, 0.1) is 5.56 Å². The number of carbonyl (C=O) groups excluding carboxylic acids is 1. The average Bonchev–Trinajstić information content (AvgIpc) is 3.31. The molecule has 0 radical (unpaired) electrons. The normalized spacial score (nSPS) is 15.6. The maximum Gasteiger partial charge on any atom is 0.416 e. The van der Waals surface area contributed by atoms with E-state index in [0.717, 1.165) is 12.1 Å². The highest BCUT2D eigenvalue weighted by Crippen LogP contribution is 2.37. The first kappa shape index (κ1) is 16.9. The average molecular weight is 324 g/mol. The van der Waals surface area contributed by atoms with Gasteiger partial charge in [0.2, 0.25) is 0 Å². The lowest BCUT2D eigenvalue weighted by Crippen LogP contribution is -2.17. The molecule has 0 heterocycles. The van der Waals surface area contributed by atoms with Gasteiger partial charge in [0.15, 0.2) is 5.57 Å². The summed E-state index contributed by atoms with van der Waals surface area (Å²) in [6.45, 7) is 1.58. The number of alkyl halides is 3. The molecule has 122 valence electrons. The van der Waals surface area contributed by atoms with Gasteiger partial charge in [-0.2, -0.15) is 18.4 Å². The molecule has 7 heteroatoms. The van der Waals surface area contributed by atoms with Gasteiger partial charge in [0, 0.05) is 11.6 Å². The summed E-state index contributed by atoms with van der Waals surface area (Å²) in [7, 11) is 0. The summed E-state index contributed by atoms with van der Waals surface area (Å²) in [4.78, 5) is 12.0. The minimum atomic E-state index is -4.46. The molecule has 0 aliphatic heterocycles. The number of benzene rings is 1. The second-order valence-electron chi connectivity index (χ2n) is 5.32. The lowest BCUT2D eigenvalue weighted by atomic mass is 10.0. The van der Waals surface area contributed by atoms with E-state index >= 15 is 0 Å². The van der Waals surface area contributed by atoms with Crippen LogP contribution in [0.4, 0.5) is 18.9 Å². The number of amides is 1. The maximum atomic E-state index is 12.8. The van der Waals surface area contributed by atoms with Gasteiger partial charge >= 0.3 is 6.18 Å². The molecule has 1 aromatic carbocycles. The molecule has 0 atom stereocenters. The number of aliphatic hydroxyl groups is 1. The number of aliphatic hydroxyl groups excluding tert-OH is 1. The number of carbonyl (C=O) groups is 1. The van der Waals surface area contributed by atoms with Crippen LogP contribution in [0.25, 0.3) is 0 Å². The fourth-order valence-corrected chi connectivity index (χ4v) is 2.22. The van der Waals surface area contributed by atoms with Crippen LogP contribution in [0.1, 0.15) is 30.9 Å². The summed E-state index contributed by atoms with van der Waals surface area (Å²) in [6, 6.07) is 4.89. The second kappa shape index (κ2) is 6.32. The largest absolute Gasteiger partial charge is 0.510 e. The lowest BCUT2D eigenvalue weighted by Gasteiger charge is -2.14. The van der Waals surface area contributed by atoms with E-state index in [2.05, 4.69) is 5.32 Å². The lowest BCUT2D eigenvalue weighted by molar-refractivity contribution is -0.138. The Kier molecular flexibility index (Phi) is 4.64. The van der Waals surface area contributed by atoms with Crippen molar-refractivity contribution in [2.24, 2.45) is 5.92 Å². The number of hydrogen-bond donors (Lipinski definition) is 2. The summed E-state index contributed by atoms with van der Waals surface area (Å²) in [5, 5.41) is 21.2. The Morgan fingerprint density at radius 1 is 1.43 bits per heavy atom. The predicted molar refractivity (Wildman–Crippen MR) is 77.4 cm³/mol. The zero-order valence-corrected chi connectivity index (χ0v) is 12.4. The first-order valence-corrected chi connectivity index (χ1v) is 7.12. The number of rotatable bonds is 4. The van der Waals surface area contributed by atoms with E-state index in [1.165, 1.54) is 6.07 Å². The Labute approximate surface area is 131 Å². The Morgan fingerprint density at radius 2 is 2.09 bits per heavy atom. The fraction of sp³-hybridized carbons (Fsp3) is 0.375. The van der Waals surface area contributed by atoms with Gasteiger partial charge < -0.3 is 10.4 Å². The summed E-state index contributed by atoms with van der Waals surface area (Å²) in [6.07, 6.45) is -2.89. The molecule has 0 spiro atoms. The van der Waals surface area contributed by atoms with Crippen LogP contribution in [0.15, 0.2) is 29.5 Å². The molecule has 0 aromatic heterocycles. The van der Waals surface area contributed by atoms with Gasteiger partial charge in [0.1, 0.15) is 11.8 Å². The summed E-state index contributed by atoms with van der Waals surface area (Å²) >= 11 is 0. The summed E-state index contributed by atoms with van der Waals surface area (Å²) < 4.78 is 38.5. The van der Waals surface area contributed by atoms with Crippen molar-refractivity contribution in [1.29, 1.82) is 5.26 Å². The third-order valence-electron chi connectivity index (χ3n) is 3.61. The first-order valence-electron chi connectivity index (χ1n) is 7.12. The molecule has 2 N–H and O–H groups in total. The molecule has 1 fully saturated rings. The molecule has 1 aliphatic carbocycles. The zero-order valence-electron chi connectivity index (χ0n) is 12.4. The van der Waals surface area contributed by atoms with Gasteiger partial charge in [-0.3, -0.25) is 4.79 Å². The number of aryl methyl sites for hydroxylation is 1. The number of allylic oxidation sites excluding steroid dienone is 1. The fourth-order valence-electron chi connectivity index (χ4n) is 2.22. The monoisotopic (exact) mass is 324 g/mol. The van der Waals surface area contributed by atoms with E-state index in [9.17, 15) is 23.1 Å². The van der Waals surface area contributed by atoms with Crippen molar-refractivity contribution in [2.45, 2.75) is 32.4 Å². The third kappa shape index (κ3) is 3.83. The topological polar surface area (TPSA) is 73.1 Å². The molecular formula is C16H15F3N2O2. The molecule has 1 aromatic rings. The molecule has 2 rings (SSSR count). The predicted octanol–water partition coefficient (Wildman–Crippen LogP) is 3.95. The minimum absolute atomic E-state index is 0.0456. The van der Waals surface area contributed by atoms with Crippen LogP contribution in [-0.4, -0.2) is 11.0 Å². The highest BCUT2D eigenvalue weighted by atomic mass is 19.4. The van der Waals surface area contributed by atoms with E-state index in [1.54, 1.807) is 13.0 Å². The van der Waals surface area contributed by atoms with Crippen molar-refractivity contribution >= 4 is 11.6 Å². The Hall–Kier alpha value is -2.49. The first-order chi connectivity index (χ1) is 10.8. The number of nitrogens with zero attached hydrogens (tertiary/aromatic N) is 1. The van der Waals surface area contributed by atoms with Crippen molar-refractivity contribution in [1.82, 2.24) is 0 Å². The van der Waals surface area contributed by atoms with E-state index in [0.29, 0.717) is 12.8 Å². The van der Waals surface area contributed by atoms with Crippen molar-refractivity contribution in [3.8, 4) is 6.07 Å². The molecule has 4 nitrogen and oxygen atoms in total. The maximum absolute atomic E-state index is 12.8. The summed E-state index contributed by atoms with van der Waals surface area (Å²) in [5.74, 6) is -1.25. The van der Waals surface area contributed by atoms with Crippen LogP contribution in [0.3, 0.4) is 0 Å². The van der Waals surface area contributed by atoms with E-state index < -0.39 is 23.2 Å². The van der Waals surface area contributed by atoms with Crippen molar-refractivity contribution in [3.63, 3.8) is 0 Å². The van der Waals surface area contributed by atoms with Crippen molar-refractivity contribution in [2.75, 3.05) is 5.32 Å². The quantitative estimate of drug-likeness (QED) is 0.500. The molecule has 1 amide bonds. The number of nitriles is 1. The Balaban J connectivity index is 2.25. The number of halogens is 3. The summed E-state index contributed by atoms with van der Waals surface area (Å²) in [5.41, 5.74) is -0.958. The third-order valence-corrected chi connectivity index (χ3v) is 3.61. The highest BCUT2D eigenvalue weighted by molar-refractivity contribution is 6.07. The van der Waals surface area contributed by atoms with E-state index in [-0.39, 0.29) is 29.3 Å². The molecule has 0 unspecified atom stereocenters. The Bertz CT molecular complexity index is 698. The van der Waals surface area contributed by atoms with Gasteiger partial charge in [-0.15, -0.1) is 0 Å². The van der Waals surface area contributed by atoms with Crippen molar-refractivity contribution < 1.29 is 23.1 Å².